The van der Waals surface area contributed by atoms with Crippen LogP contribution in [0.25, 0.3) is 0 Å². The quantitative estimate of drug-likeness (QED) is 0.433. The molecule has 0 aliphatic carbocycles. The number of ether oxygens (including phenoxy) is 1. The molecule has 0 heterocycles. The fraction of sp³-hybridized carbons (Fsp3) is 0.417. The highest BCUT2D eigenvalue weighted by molar-refractivity contribution is 9.10. The van der Waals surface area contributed by atoms with Gasteiger partial charge >= 0.3 is 0 Å². The Morgan fingerprint density at radius 3 is 2.47 bits per heavy atom. The van der Waals surface area contributed by atoms with Crippen LogP contribution in [0.3, 0.4) is 0 Å². The van der Waals surface area contributed by atoms with Crippen molar-refractivity contribution < 1.29 is 22.7 Å². The second-order valence-corrected chi connectivity index (χ2v) is 10.6. The van der Waals surface area contributed by atoms with Crippen molar-refractivity contribution in [3.05, 3.63) is 58.6 Å². The monoisotopic (exact) mass is 553 g/mol. The molecule has 0 unspecified atom stereocenters. The Kier molecular flexibility index (Phi) is 10.4. The van der Waals surface area contributed by atoms with E-state index in [9.17, 15) is 18.0 Å². The van der Waals surface area contributed by atoms with Gasteiger partial charge in [0.15, 0.2) is 0 Å². The first kappa shape index (κ1) is 27.7. The summed E-state index contributed by atoms with van der Waals surface area (Å²) in [6.45, 7) is 4.27. The summed E-state index contributed by atoms with van der Waals surface area (Å²) < 4.78 is 32.8. The van der Waals surface area contributed by atoms with Crippen molar-refractivity contribution in [1.29, 1.82) is 0 Å². The molecule has 0 saturated carbocycles. The number of carbonyl (C=O) groups excluding carboxylic acids is 2. The Morgan fingerprint density at radius 2 is 1.85 bits per heavy atom. The molecule has 8 nitrogen and oxygen atoms in total. The summed E-state index contributed by atoms with van der Waals surface area (Å²) in [5.41, 5.74) is 1.31. The average molecular weight is 555 g/mol. The number of sulfonamides is 1. The zero-order valence-corrected chi connectivity index (χ0v) is 22.4. The molecule has 10 heteroatoms. The summed E-state index contributed by atoms with van der Waals surface area (Å²) in [7, 11) is -2.08. The molecule has 2 amide bonds. The summed E-state index contributed by atoms with van der Waals surface area (Å²) in [5, 5.41) is 2.59. The Hall–Kier alpha value is -2.59. The summed E-state index contributed by atoms with van der Waals surface area (Å²) >= 11 is 3.43. The largest absolute Gasteiger partial charge is 0.492 e. The molecule has 186 valence electrons. The number of benzene rings is 2. The van der Waals surface area contributed by atoms with E-state index in [0.29, 0.717) is 18.0 Å². The van der Waals surface area contributed by atoms with E-state index < -0.39 is 16.1 Å². The van der Waals surface area contributed by atoms with Crippen LogP contribution in [0.5, 0.6) is 5.75 Å². The second-order valence-electron chi connectivity index (χ2n) is 7.78. The Bertz CT molecular complexity index is 1090. The Balaban J connectivity index is 2.18. The molecular formula is C24H32BrN3O5S. The van der Waals surface area contributed by atoms with Gasteiger partial charge in [0, 0.05) is 31.0 Å². The maximum Gasteiger partial charge on any atom is 0.242 e. The van der Waals surface area contributed by atoms with E-state index in [1.54, 1.807) is 31.2 Å². The molecule has 0 aliphatic rings. The van der Waals surface area contributed by atoms with Crippen LogP contribution in [0.2, 0.25) is 0 Å². The Morgan fingerprint density at radius 1 is 1.15 bits per heavy atom. The molecule has 34 heavy (non-hydrogen) atoms. The topological polar surface area (TPSA) is 96.0 Å². The molecule has 0 fully saturated rings. The molecule has 0 bridgehead atoms. The van der Waals surface area contributed by atoms with Gasteiger partial charge in [-0.2, -0.15) is 0 Å². The van der Waals surface area contributed by atoms with Crippen molar-refractivity contribution in [2.24, 2.45) is 0 Å². The lowest BCUT2D eigenvalue weighted by Gasteiger charge is -2.29. The second kappa shape index (κ2) is 12.8. The van der Waals surface area contributed by atoms with E-state index in [0.717, 1.165) is 16.3 Å². The van der Waals surface area contributed by atoms with Gasteiger partial charge < -0.3 is 15.0 Å². The van der Waals surface area contributed by atoms with Crippen molar-refractivity contribution in [2.45, 2.75) is 39.3 Å². The highest BCUT2D eigenvalue weighted by Gasteiger charge is 2.26. The minimum absolute atomic E-state index is 0.0815. The molecule has 1 atom stereocenters. The molecule has 0 saturated heterocycles. The van der Waals surface area contributed by atoms with Gasteiger partial charge in [-0.05, 0) is 50.1 Å². The number of halogens is 1. The van der Waals surface area contributed by atoms with Crippen LogP contribution in [-0.2, 0) is 26.2 Å². The number of anilines is 1. The lowest BCUT2D eigenvalue weighted by molar-refractivity contribution is -0.140. The predicted molar refractivity (Wildman–Crippen MR) is 137 cm³/mol. The van der Waals surface area contributed by atoms with Crippen LogP contribution in [0.4, 0.5) is 5.69 Å². The van der Waals surface area contributed by atoms with Gasteiger partial charge in [0.25, 0.3) is 0 Å². The first-order chi connectivity index (χ1) is 16.1. The first-order valence-electron chi connectivity index (χ1n) is 11.0. The van der Waals surface area contributed by atoms with Gasteiger partial charge in [-0.15, -0.1) is 0 Å². The van der Waals surface area contributed by atoms with Gasteiger partial charge in [-0.3, -0.25) is 13.9 Å². The minimum Gasteiger partial charge on any atom is -0.492 e. The van der Waals surface area contributed by atoms with E-state index in [4.69, 9.17) is 4.74 Å². The lowest BCUT2D eigenvalue weighted by atomic mass is 10.1. The van der Waals surface area contributed by atoms with Crippen LogP contribution in [0, 0.1) is 0 Å². The number of nitrogens with zero attached hydrogens (tertiary/aromatic N) is 2. The molecule has 0 aliphatic heterocycles. The average Bonchev–Trinajstić information content (AvgIpc) is 2.79. The molecule has 2 aromatic carbocycles. The number of para-hydroxylation sites is 2. The van der Waals surface area contributed by atoms with Crippen molar-refractivity contribution in [2.75, 3.05) is 30.8 Å². The van der Waals surface area contributed by atoms with Crippen LogP contribution in [0.1, 0.15) is 32.3 Å². The third kappa shape index (κ3) is 7.73. The molecule has 0 aromatic heterocycles. The van der Waals surface area contributed by atoms with Gasteiger partial charge in [-0.25, -0.2) is 8.42 Å². The molecule has 0 spiro atoms. The van der Waals surface area contributed by atoms with Crippen LogP contribution in [-0.4, -0.2) is 57.6 Å². The molecule has 0 radical (unpaired) electrons. The van der Waals surface area contributed by atoms with E-state index in [-0.39, 0.29) is 37.7 Å². The van der Waals surface area contributed by atoms with Crippen molar-refractivity contribution in [1.82, 2.24) is 10.2 Å². The predicted octanol–water partition coefficient (Wildman–Crippen LogP) is 3.56. The zero-order valence-electron chi connectivity index (χ0n) is 20.0. The normalized spacial score (nSPS) is 12.0. The van der Waals surface area contributed by atoms with Crippen LogP contribution in [0.15, 0.2) is 53.0 Å². The van der Waals surface area contributed by atoms with Crippen molar-refractivity contribution >= 4 is 43.5 Å². The van der Waals surface area contributed by atoms with E-state index in [1.807, 2.05) is 31.2 Å². The van der Waals surface area contributed by atoms with E-state index in [2.05, 4.69) is 21.2 Å². The fourth-order valence-electron chi connectivity index (χ4n) is 3.55. The van der Waals surface area contributed by atoms with Crippen molar-refractivity contribution in [3.8, 4) is 5.75 Å². The van der Waals surface area contributed by atoms with Crippen LogP contribution < -0.4 is 14.4 Å². The summed E-state index contributed by atoms with van der Waals surface area (Å²) in [6, 6.07) is 13.8. The standard InChI is InChI=1S/C24H32BrN3O5S/c1-5-33-22-13-7-6-12-21(22)28(34(4,31)32)15-9-14-23(29)27(18(2)24(30)26-3)17-19-10-8-11-20(25)16-19/h6-8,10-13,16,18H,5,9,14-15,17H2,1-4H3,(H,26,30)/t18-/m0/s1. The van der Waals surface area contributed by atoms with E-state index in [1.165, 1.54) is 16.3 Å². The molecular weight excluding hydrogens is 522 g/mol. The SMILES string of the molecule is CCOc1ccccc1N(CCCC(=O)N(Cc1cccc(Br)c1)[C@@H](C)C(=O)NC)S(C)(=O)=O. The highest BCUT2D eigenvalue weighted by Crippen LogP contribution is 2.30. The number of hydrogen-bond donors (Lipinski definition) is 1. The minimum atomic E-state index is -3.60. The zero-order chi connectivity index (χ0) is 25.3. The molecule has 1 N–H and O–H groups in total. The third-order valence-corrected chi connectivity index (χ3v) is 6.91. The lowest BCUT2D eigenvalue weighted by Crippen LogP contribution is -2.46. The number of carbonyl (C=O) groups is 2. The van der Waals surface area contributed by atoms with Gasteiger partial charge in [-0.1, -0.05) is 40.2 Å². The number of amides is 2. The third-order valence-electron chi connectivity index (χ3n) is 5.24. The summed E-state index contributed by atoms with van der Waals surface area (Å²) in [6.07, 6.45) is 1.49. The van der Waals surface area contributed by atoms with E-state index >= 15 is 0 Å². The number of likely N-dealkylation sites (N-methyl/N-ethyl adjacent to an activating group) is 1. The highest BCUT2D eigenvalue weighted by atomic mass is 79.9. The number of rotatable bonds is 12. The number of nitrogens with one attached hydrogen (secondary N) is 1. The number of hydrogen-bond acceptors (Lipinski definition) is 5. The van der Waals surface area contributed by atoms with Gasteiger partial charge in [0.1, 0.15) is 11.8 Å². The van der Waals surface area contributed by atoms with Gasteiger partial charge in [0.05, 0.1) is 18.6 Å². The first-order valence-corrected chi connectivity index (χ1v) is 13.7. The Labute approximate surface area is 210 Å². The summed E-state index contributed by atoms with van der Waals surface area (Å²) in [4.78, 5) is 27.0. The van der Waals surface area contributed by atoms with Crippen LogP contribution >= 0.6 is 15.9 Å². The maximum absolute atomic E-state index is 13.2. The maximum atomic E-state index is 13.2. The smallest absolute Gasteiger partial charge is 0.242 e. The molecule has 2 rings (SSSR count). The summed E-state index contributed by atoms with van der Waals surface area (Å²) in [5.74, 6) is -0.0411. The molecule has 2 aromatic rings. The fourth-order valence-corrected chi connectivity index (χ4v) is 4.96. The van der Waals surface area contributed by atoms with Gasteiger partial charge in [0.2, 0.25) is 21.8 Å². The van der Waals surface area contributed by atoms with Crippen molar-refractivity contribution in [3.63, 3.8) is 0 Å².